The van der Waals surface area contributed by atoms with Crippen LogP contribution in [0.1, 0.15) is 28.3 Å². The Morgan fingerprint density at radius 1 is 1.14 bits per heavy atom. The quantitative estimate of drug-likeness (QED) is 0.817. The van der Waals surface area contributed by atoms with Gasteiger partial charge in [-0.3, -0.25) is 4.79 Å². The van der Waals surface area contributed by atoms with Crippen molar-refractivity contribution in [2.75, 3.05) is 13.1 Å². The van der Waals surface area contributed by atoms with E-state index in [-0.39, 0.29) is 16.5 Å². The molecule has 1 saturated heterocycles. The van der Waals surface area contributed by atoms with Gasteiger partial charge in [0.25, 0.3) is 5.91 Å². The van der Waals surface area contributed by atoms with E-state index < -0.39 is 5.82 Å². The maximum atomic E-state index is 13.8. The Hall–Kier alpha value is -1.87. The molecule has 0 saturated carbocycles. The normalized spacial score (nSPS) is 18.0. The van der Waals surface area contributed by atoms with Crippen molar-refractivity contribution in [3.05, 3.63) is 70.5 Å². The summed E-state index contributed by atoms with van der Waals surface area (Å²) in [6.45, 7) is 1.23. The van der Waals surface area contributed by atoms with E-state index >= 15 is 0 Å². The van der Waals surface area contributed by atoms with Crippen molar-refractivity contribution in [3.8, 4) is 0 Å². The molecular weight excluding hydrogens is 289 g/mol. The second-order valence-corrected chi connectivity index (χ2v) is 5.65. The number of benzene rings is 2. The number of hydrogen-bond donors (Lipinski definition) is 0. The number of hydrogen-bond acceptors (Lipinski definition) is 1. The third-order valence-electron chi connectivity index (χ3n) is 3.92. The average molecular weight is 304 g/mol. The zero-order chi connectivity index (χ0) is 14.8. The molecule has 21 heavy (non-hydrogen) atoms. The predicted molar refractivity (Wildman–Crippen MR) is 81.1 cm³/mol. The molecule has 2 aromatic rings. The molecule has 1 aliphatic rings. The summed E-state index contributed by atoms with van der Waals surface area (Å²) in [7, 11) is 0. The van der Waals surface area contributed by atoms with E-state index in [0.29, 0.717) is 19.0 Å². The smallest absolute Gasteiger partial charge is 0.258 e. The van der Waals surface area contributed by atoms with Gasteiger partial charge in [0, 0.05) is 19.0 Å². The summed E-state index contributed by atoms with van der Waals surface area (Å²) in [4.78, 5) is 14.1. The van der Waals surface area contributed by atoms with Crippen LogP contribution in [0.3, 0.4) is 0 Å². The van der Waals surface area contributed by atoms with E-state index in [1.54, 1.807) is 11.0 Å². The van der Waals surface area contributed by atoms with Gasteiger partial charge >= 0.3 is 0 Å². The molecule has 4 heteroatoms. The lowest BCUT2D eigenvalue weighted by Crippen LogP contribution is -2.29. The van der Waals surface area contributed by atoms with E-state index in [1.807, 2.05) is 18.2 Å². The fourth-order valence-electron chi connectivity index (χ4n) is 2.80. The summed E-state index contributed by atoms with van der Waals surface area (Å²) >= 11 is 5.97. The fraction of sp³-hybridized carbons (Fsp3) is 0.235. The first-order valence-electron chi connectivity index (χ1n) is 6.95. The maximum absolute atomic E-state index is 13.8. The Labute approximate surface area is 128 Å². The molecule has 108 valence electrons. The minimum atomic E-state index is -0.560. The highest BCUT2D eigenvalue weighted by Gasteiger charge is 2.30. The van der Waals surface area contributed by atoms with Crippen LogP contribution < -0.4 is 0 Å². The van der Waals surface area contributed by atoms with Gasteiger partial charge < -0.3 is 4.90 Å². The van der Waals surface area contributed by atoms with Gasteiger partial charge in [-0.25, -0.2) is 4.39 Å². The van der Waals surface area contributed by atoms with Crippen LogP contribution in [0, 0.1) is 5.82 Å². The molecule has 1 heterocycles. The summed E-state index contributed by atoms with van der Waals surface area (Å²) in [6, 6.07) is 14.4. The lowest BCUT2D eigenvalue weighted by Gasteiger charge is -2.18. The lowest BCUT2D eigenvalue weighted by atomic mass is 9.99. The molecule has 1 aliphatic heterocycles. The molecule has 1 atom stereocenters. The van der Waals surface area contributed by atoms with Gasteiger partial charge in [-0.2, -0.15) is 0 Å². The Balaban J connectivity index is 1.79. The number of nitrogens with zero attached hydrogens (tertiary/aromatic N) is 1. The van der Waals surface area contributed by atoms with Gasteiger partial charge in [0.2, 0.25) is 0 Å². The van der Waals surface area contributed by atoms with Gasteiger partial charge in [-0.1, -0.05) is 48.0 Å². The number of halogens is 2. The summed E-state index contributed by atoms with van der Waals surface area (Å²) in [5.41, 5.74) is 1.19. The summed E-state index contributed by atoms with van der Waals surface area (Å²) in [5.74, 6) is -0.576. The van der Waals surface area contributed by atoms with Crippen LogP contribution >= 0.6 is 11.6 Å². The highest BCUT2D eigenvalue weighted by atomic mass is 35.5. The van der Waals surface area contributed by atoms with Crippen molar-refractivity contribution in [2.24, 2.45) is 0 Å². The first-order valence-corrected chi connectivity index (χ1v) is 7.33. The third-order valence-corrected chi connectivity index (χ3v) is 4.24. The molecule has 3 rings (SSSR count). The van der Waals surface area contributed by atoms with Crippen molar-refractivity contribution < 1.29 is 9.18 Å². The van der Waals surface area contributed by atoms with Crippen molar-refractivity contribution in [2.45, 2.75) is 12.3 Å². The van der Waals surface area contributed by atoms with Crippen LogP contribution in [0.4, 0.5) is 4.39 Å². The number of amides is 1. The van der Waals surface area contributed by atoms with Gasteiger partial charge in [0.1, 0.15) is 5.82 Å². The van der Waals surface area contributed by atoms with Crippen LogP contribution in [-0.4, -0.2) is 23.9 Å². The van der Waals surface area contributed by atoms with Crippen molar-refractivity contribution in [1.82, 2.24) is 4.90 Å². The number of carbonyl (C=O) groups excluding carboxylic acids is 1. The molecule has 1 amide bonds. The third kappa shape index (κ3) is 2.79. The molecule has 0 aliphatic carbocycles. The van der Waals surface area contributed by atoms with Crippen molar-refractivity contribution >= 4 is 17.5 Å². The highest BCUT2D eigenvalue weighted by molar-refractivity contribution is 6.33. The Morgan fingerprint density at radius 2 is 1.90 bits per heavy atom. The van der Waals surface area contributed by atoms with E-state index in [9.17, 15) is 9.18 Å². The highest BCUT2D eigenvalue weighted by Crippen LogP contribution is 2.29. The summed E-state index contributed by atoms with van der Waals surface area (Å²) in [5, 5.41) is 0.170. The first-order chi connectivity index (χ1) is 10.2. The number of rotatable bonds is 2. The van der Waals surface area contributed by atoms with Crippen molar-refractivity contribution in [3.63, 3.8) is 0 Å². The molecule has 0 aromatic heterocycles. The monoisotopic (exact) mass is 303 g/mol. The zero-order valence-corrected chi connectivity index (χ0v) is 12.2. The van der Waals surface area contributed by atoms with E-state index in [4.69, 9.17) is 11.6 Å². The molecule has 1 unspecified atom stereocenters. The Bertz CT molecular complexity index is 639. The van der Waals surface area contributed by atoms with Crippen LogP contribution in [0.2, 0.25) is 5.02 Å². The van der Waals surface area contributed by atoms with E-state index in [2.05, 4.69) is 12.1 Å². The zero-order valence-electron chi connectivity index (χ0n) is 11.4. The maximum Gasteiger partial charge on any atom is 0.258 e. The molecule has 2 aromatic carbocycles. The first kappa shape index (κ1) is 14.1. The number of carbonyl (C=O) groups is 1. The molecule has 0 radical (unpaired) electrons. The summed E-state index contributed by atoms with van der Waals surface area (Å²) < 4.78 is 13.8. The van der Waals surface area contributed by atoms with Gasteiger partial charge in [0.15, 0.2) is 0 Å². The molecular formula is C17H15ClFNO. The average Bonchev–Trinajstić information content (AvgIpc) is 2.97. The topological polar surface area (TPSA) is 20.3 Å². The van der Waals surface area contributed by atoms with Crippen molar-refractivity contribution in [1.29, 1.82) is 0 Å². The Morgan fingerprint density at radius 3 is 2.62 bits per heavy atom. The van der Waals surface area contributed by atoms with Gasteiger partial charge in [-0.05, 0) is 24.1 Å². The van der Waals surface area contributed by atoms with E-state index in [0.717, 1.165) is 6.42 Å². The fourth-order valence-corrected chi connectivity index (χ4v) is 3.05. The van der Waals surface area contributed by atoms with Crippen LogP contribution in [0.15, 0.2) is 48.5 Å². The Kier molecular flexibility index (Phi) is 3.93. The summed E-state index contributed by atoms with van der Waals surface area (Å²) in [6.07, 6.45) is 0.891. The standard InChI is InChI=1S/C17H15ClFNO/c18-14-7-4-8-15(19)16(14)17(21)20-10-9-13(11-20)12-5-2-1-3-6-12/h1-8,13H,9-11H2. The second-order valence-electron chi connectivity index (χ2n) is 5.24. The van der Waals surface area contributed by atoms with Crippen LogP contribution in [0.25, 0.3) is 0 Å². The van der Waals surface area contributed by atoms with E-state index in [1.165, 1.54) is 17.7 Å². The molecule has 0 spiro atoms. The van der Waals surface area contributed by atoms with Gasteiger partial charge in [0.05, 0.1) is 10.6 Å². The van der Waals surface area contributed by atoms with Crippen LogP contribution in [0.5, 0.6) is 0 Å². The second kappa shape index (κ2) is 5.86. The molecule has 0 N–H and O–H groups in total. The lowest BCUT2D eigenvalue weighted by molar-refractivity contribution is 0.0786. The minimum Gasteiger partial charge on any atom is -0.338 e. The largest absolute Gasteiger partial charge is 0.338 e. The molecule has 1 fully saturated rings. The molecule has 2 nitrogen and oxygen atoms in total. The molecule has 0 bridgehead atoms. The minimum absolute atomic E-state index is 0.0205. The van der Waals surface area contributed by atoms with Crippen LogP contribution in [-0.2, 0) is 0 Å². The number of likely N-dealkylation sites (tertiary alicyclic amines) is 1. The van der Waals surface area contributed by atoms with Gasteiger partial charge in [-0.15, -0.1) is 0 Å². The predicted octanol–water partition coefficient (Wildman–Crippen LogP) is 4.11. The SMILES string of the molecule is O=C(c1c(F)cccc1Cl)N1CCC(c2ccccc2)C1.